The Morgan fingerprint density at radius 2 is 1.32 bits per heavy atom. The summed E-state index contributed by atoms with van der Waals surface area (Å²) in [6, 6.07) is 19.1. The van der Waals surface area contributed by atoms with Crippen LogP contribution in [0.2, 0.25) is 0 Å². The molecule has 0 bridgehead atoms. The summed E-state index contributed by atoms with van der Waals surface area (Å²) in [5, 5.41) is 0.292. The van der Waals surface area contributed by atoms with Crippen LogP contribution in [0.15, 0.2) is 76.3 Å². The first kappa shape index (κ1) is 20.0. The third-order valence-electron chi connectivity index (χ3n) is 4.66. The van der Waals surface area contributed by atoms with Gasteiger partial charge in [0.2, 0.25) is 0 Å². The van der Waals surface area contributed by atoms with Crippen LogP contribution in [0.5, 0.6) is 0 Å². The normalized spacial score (nSPS) is 17.7. The smallest absolute Gasteiger partial charge is 0.129 e. The summed E-state index contributed by atoms with van der Waals surface area (Å²) in [7, 11) is 0. The van der Waals surface area contributed by atoms with Gasteiger partial charge in [-0.1, -0.05) is 72.3 Å². The van der Waals surface area contributed by atoms with Crippen LogP contribution >= 0.6 is 11.6 Å². The number of nitrogens with two attached hydrogens (primary N) is 3. The fourth-order valence-electron chi connectivity index (χ4n) is 3.09. The summed E-state index contributed by atoms with van der Waals surface area (Å²) < 4.78 is 5.40. The van der Waals surface area contributed by atoms with Crippen molar-refractivity contribution in [1.82, 2.24) is 0 Å². The van der Waals surface area contributed by atoms with E-state index in [9.17, 15) is 0 Å². The summed E-state index contributed by atoms with van der Waals surface area (Å²) in [5.41, 5.74) is 22.1. The largest absolute Gasteiger partial charge is 0.398 e. The highest BCUT2D eigenvalue weighted by atomic mass is 35.5. The standard InChI is InChI=1S/C22H25ClN4O/c23-19(21(25)16-9-5-2-6-10-16)18(20(24)15-7-3-1-4-8-15)22(26)27-17-11-13-28-14-12-17/h1-10,17H,11-14,24-25H2,(H2,26,27)/b20-18?,21-19+. The first-order valence-corrected chi connectivity index (χ1v) is 9.63. The molecule has 0 spiro atoms. The highest BCUT2D eigenvalue weighted by Crippen LogP contribution is 2.28. The van der Waals surface area contributed by atoms with Gasteiger partial charge in [0, 0.05) is 13.2 Å². The van der Waals surface area contributed by atoms with Crippen molar-refractivity contribution in [2.75, 3.05) is 13.2 Å². The molecule has 0 unspecified atom stereocenters. The maximum atomic E-state index is 6.72. The second-order valence-corrected chi connectivity index (χ2v) is 6.98. The maximum absolute atomic E-state index is 6.72. The molecule has 6 N–H and O–H groups in total. The first-order valence-electron chi connectivity index (χ1n) is 9.25. The van der Waals surface area contributed by atoms with E-state index >= 15 is 0 Å². The molecule has 1 aliphatic heterocycles. The van der Waals surface area contributed by atoms with Gasteiger partial charge < -0.3 is 21.9 Å². The van der Waals surface area contributed by atoms with Crippen molar-refractivity contribution in [2.24, 2.45) is 22.2 Å². The molecule has 1 heterocycles. The predicted octanol–water partition coefficient (Wildman–Crippen LogP) is 3.46. The molecule has 146 valence electrons. The molecule has 0 amide bonds. The van der Waals surface area contributed by atoms with Gasteiger partial charge in [0.05, 0.1) is 28.0 Å². The molecule has 1 fully saturated rings. The van der Waals surface area contributed by atoms with Crippen LogP contribution in [0.3, 0.4) is 0 Å². The van der Waals surface area contributed by atoms with Crippen molar-refractivity contribution in [2.45, 2.75) is 18.9 Å². The van der Waals surface area contributed by atoms with Gasteiger partial charge in [0.1, 0.15) is 5.84 Å². The lowest BCUT2D eigenvalue weighted by atomic mass is 10.0. The minimum absolute atomic E-state index is 0.0785. The van der Waals surface area contributed by atoms with Crippen LogP contribution in [-0.2, 0) is 4.74 Å². The molecule has 5 nitrogen and oxygen atoms in total. The second kappa shape index (κ2) is 9.44. The Kier molecular flexibility index (Phi) is 6.74. The van der Waals surface area contributed by atoms with E-state index in [1.165, 1.54) is 0 Å². The molecule has 6 heteroatoms. The molecule has 0 aliphatic carbocycles. The Morgan fingerprint density at radius 1 is 0.821 bits per heavy atom. The minimum Gasteiger partial charge on any atom is -0.398 e. The Bertz CT molecular complexity index is 885. The van der Waals surface area contributed by atoms with E-state index < -0.39 is 0 Å². The van der Waals surface area contributed by atoms with E-state index in [2.05, 4.69) is 4.99 Å². The Labute approximate surface area is 170 Å². The third kappa shape index (κ3) is 4.74. The lowest BCUT2D eigenvalue weighted by Gasteiger charge is -2.20. The third-order valence-corrected chi connectivity index (χ3v) is 5.06. The molecule has 0 radical (unpaired) electrons. The number of amidine groups is 1. The van der Waals surface area contributed by atoms with Gasteiger partial charge in [-0.3, -0.25) is 4.99 Å². The molecule has 1 aliphatic rings. The van der Waals surface area contributed by atoms with E-state index in [0.29, 0.717) is 35.2 Å². The number of aliphatic imine (C=N–C) groups is 1. The predicted molar refractivity (Wildman–Crippen MR) is 116 cm³/mol. The summed E-state index contributed by atoms with van der Waals surface area (Å²) in [5.74, 6) is 0.289. The Hall–Kier alpha value is -2.76. The molecule has 28 heavy (non-hydrogen) atoms. The molecule has 0 saturated carbocycles. The zero-order valence-corrected chi connectivity index (χ0v) is 16.4. The van der Waals surface area contributed by atoms with Crippen LogP contribution in [0, 0.1) is 0 Å². The molecule has 1 saturated heterocycles. The maximum Gasteiger partial charge on any atom is 0.129 e. The lowest BCUT2D eigenvalue weighted by molar-refractivity contribution is 0.0871. The second-order valence-electron chi connectivity index (χ2n) is 6.61. The lowest BCUT2D eigenvalue weighted by Crippen LogP contribution is -2.26. The highest BCUT2D eigenvalue weighted by molar-refractivity contribution is 6.39. The van der Waals surface area contributed by atoms with Gasteiger partial charge in [-0.15, -0.1) is 0 Å². The summed E-state index contributed by atoms with van der Waals surface area (Å²) in [6.07, 6.45) is 1.63. The number of hydrogen-bond acceptors (Lipinski definition) is 4. The SMILES string of the molecule is NC(=NC1CCOCC1)C(=C(N)c1ccccc1)/C(Cl)=C(\N)c1ccccc1. The number of nitrogens with zero attached hydrogens (tertiary/aromatic N) is 1. The molecule has 0 atom stereocenters. The molecule has 2 aromatic carbocycles. The Balaban J connectivity index is 2.10. The number of benzene rings is 2. The van der Waals surface area contributed by atoms with Crippen LogP contribution < -0.4 is 17.2 Å². The van der Waals surface area contributed by atoms with E-state index in [-0.39, 0.29) is 11.9 Å². The monoisotopic (exact) mass is 396 g/mol. The van der Waals surface area contributed by atoms with Crippen molar-refractivity contribution < 1.29 is 4.74 Å². The van der Waals surface area contributed by atoms with Crippen molar-refractivity contribution in [1.29, 1.82) is 0 Å². The van der Waals surface area contributed by atoms with Gasteiger partial charge in [-0.25, -0.2) is 0 Å². The van der Waals surface area contributed by atoms with E-state index in [0.717, 1.165) is 24.0 Å². The van der Waals surface area contributed by atoms with E-state index in [1.54, 1.807) is 0 Å². The average Bonchev–Trinajstić information content (AvgIpc) is 2.75. The van der Waals surface area contributed by atoms with Crippen molar-refractivity contribution in [3.63, 3.8) is 0 Å². The highest BCUT2D eigenvalue weighted by Gasteiger charge is 2.20. The fraction of sp³-hybridized carbons (Fsp3) is 0.227. The number of halogens is 1. The molecule has 0 aromatic heterocycles. The van der Waals surface area contributed by atoms with Gasteiger partial charge in [-0.2, -0.15) is 0 Å². The first-order chi connectivity index (χ1) is 13.6. The van der Waals surface area contributed by atoms with Crippen LogP contribution in [0.1, 0.15) is 24.0 Å². The molecule has 2 aromatic rings. The van der Waals surface area contributed by atoms with Crippen molar-refractivity contribution in [3.05, 3.63) is 82.4 Å². The zero-order valence-electron chi connectivity index (χ0n) is 15.6. The summed E-state index contributed by atoms with van der Waals surface area (Å²) in [4.78, 5) is 4.68. The van der Waals surface area contributed by atoms with Crippen molar-refractivity contribution in [3.8, 4) is 0 Å². The topological polar surface area (TPSA) is 99.6 Å². The fourth-order valence-corrected chi connectivity index (χ4v) is 3.39. The number of hydrogen-bond donors (Lipinski definition) is 3. The Morgan fingerprint density at radius 3 is 1.86 bits per heavy atom. The van der Waals surface area contributed by atoms with Gasteiger partial charge in [0.15, 0.2) is 0 Å². The number of rotatable bonds is 5. The van der Waals surface area contributed by atoms with Crippen molar-refractivity contribution >= 4 is 28.8 Å². The zero-order chi connectivity index (χ0) is 19.9. The molecular formula is C22H25ClN4O. The van der Waals surface area contributed by atoms with Crippen LogP contribution in [-0.4, -0.2) is 25.1 Å². The van der Waals surface area contributed by atoms with Gasteiger partial charge >= 0.3 is 0 Å². The minimum atomic E-state index is 0.0785. The van der Waals surface area contributed by atoms with Gasteiger partial charge in [-0.05, 0) is 24.0 Å². The average molecular weight is 397 g/mol. The molecule has 3 rings (SSSR count). The summed E-state index contributed by atoms with van der Waals surface area (Å²) >= 11 is 6.72. The number of ether oxygens (including phenoxy) is 1. The van der Waals surface area contributed by atoms with Crippen LogP contribution in [0.4, 0.5) is 0 Å². The summed E-state index contributed by atoms with van der Waals surface area (Å²) in [6.45, 7) is 1.34. The van der Waals surface area contributed by atoms with E-state index in [1.807, 2.05) is 60.7 Å². The van der Waals surface area contributed by atoms with E-state index in [4.69, 9.17) is 33.5 Å². The van der Waals surface area contributed by atoms with Crippen LogP contribution in [0.25, 0.3) is 11.4 Å². The van der Waals surface area contributed by atoms with Gasteiger partial charge in [0.25, 0.3) is 0 Å². The quantitative estimate of drug-likeness (QED) is 0.409. The molecular weight excluding hydrogens is 372 g/mol.